The zero-order valence-electron chi connectivity index (χ0n) is 8.82. The van der Waals surface area contributed by atoms with E-state index in [0.717, 1.165) is 6.92 Å². The smallest absolute Gasteiger partial charge is 0.284 e. The average molecular weight is 255 g/mol. The Kier molecular flexibility index (Phi) is 2.52. The summed E-state index contributed by atoms with van der Waals surface area (Å²) in [6, 6.07) is 6.02. The summed E-state index contributed by atoms with van der Waals surface area (Å²) in [6.07, 6.45) is 0. The van der Waals surface area contributed by atoms with E-state index in [-0.39, 0.29) is 11.1 Å². The van der Waals surface area contributed by atoms with Crippen LogP contribution in [0.1, 0.15) is 27.6 Å². The number of rotatable bonds is 2. The molecule has 0 saturated heterocycles. The molecule has 17 heavy (non-hydrogen) atoms. The minimum Gasteiger partial charge on any atom is -0.284 e. The van der Waals surface area contributed by atoms with E-state index in [0.29, 0.717) is 4.90 Å². The highest BCUT2D eigenvalue weighted by atomic mass is 32.2. The van der Waals surface area contributed by atoms with Crippen molar-refractivity contribution in [3.63, 3.8) is 0 Å². The van der Waals surface area contributed by atoms with Crippen LogP contribution in [0.25, 0.3) is 0 Å². The summed E-state index contributed by atoms with van der Waals surface area (Å²) < 4.78 is 30.8. The fraction of sp³-hybridized carbons (Fsp3) is 0.200. The molecule has 90 valence electrons. The van der Waals surface area contributed by atoms with E-state index in [1.54, 1.807) is 12.1 Å². The first-order chi connectivity index (χ1) is 7.84. The Morgan fingerprint density at radius 2 is 1.53 bits per heavy atom. The average Bonchev–Trinajstić information content (AvgIpc) is 2.51. The van der Waals surface area contributed by atoms with E-state index >= 15 is 0 Å². The van der Waals surface area contributed by atoms with Gasteiger partial charge in [0.15, 0.2) is 5.37 Å². The van der Waals surface area contributed by atoms with Crippen LogP contribution in [0.5, 0.6) is 0 Å². The van der Waals surface area contributed by atoms with Crippen LogP contribution in [0.4, 0.5) is 0 Å². The van der Waals surface area contributed by atoms with Crippen molar-refractivity contribution in [2.75, 3.05) is 0 Å². The van der Waals surface area contributed by atoms with Crippen molar-refractivity contribution in [1.29, 1.82) is 0 Å². The predicted octanol–water partition coefficient (Wildman–Crippen LogP) is 0.516. The van der Waals surface area contributed by atoms with Crippen LogP contribution in [-0.4, -0.2) is 35.1 Å². The Morgan fingerprint density at radius 1 is 1.12 bits per heavy atom. The second-order valence-electron chi connectivity index (χ2n) is 3.64. The van der Waals surface area contributed by atoms with Gasteiger partial charge in [0, 0.05) is 0 Å². The number of carbonyl (C=O) groups is 2. The van der Waals surface area contributed by atoms with Gasteiger partial charge in [-0.15, -0.1) is 0 Å². The molecule has 2 rings (SSSR count). The molecule has 0 saturated carbocycles. The zero-order valence-corrected chi connectivity index (χ0v) is 9.64. The van der Waals surface area contributed by atoms with E-state index in [1.807, 2.05) is 0 Å². The number of imide groups is 1. The van der Waals surface area contributed by atoms with Gasteiger partial charge in [0.1, 0.15) is 0 Å². The molecule has 0 bridgehead atoms. The van der Waals surface area contributed by atoms with E-state index in [2.05, 4.69) is 0 Å². The first kappa shape index (κ1) is 11.7. The van der Waals surface area contributed by atoms with Crippen LogP contribution in [0.15, 0.2) is 24.3 Å². The normalized spacial score (nSPS) is 17.2. The van der Waals surface area contributed by atoms with Gasteiger partial charge in [-0.2, -0.15) is 8.42 Å². The maximum atomic E-state index is 11.8. The monoisotopic (exact) mass is 255 g/mol. The summed E-state index contributed by atoms with van der Waals surface area (Å²) >= 11 is 0. The highest BCUT2D eigenvalue weighted by Gasteiger charge is 2.42. The van der Waals surface area contributed by atoms with Gasteiger partial charge < -0.3 is 0 Å². The van der Waals surface area contributed by atoms with Crippen molar-refractivity contribution >= 4 is 21.9 Å². The van der Waals surface area contributed by atoms with Crippen molar-refractivity contribution in [3.8, 4) is 0 Å². The molecule has 0 spiro atoms. The quantitative estimate of drug-likeness (QED) is 0.614. The maximum Gasteiger partial charge on any atom is 0.286 e. The number of fused-ring (bicyclic) bond motifs is 1. The summed E-state index contributed by atoms with van der Waals surface area (Å²) in [4.78, 5) is 24.2. The van der Waals surface area contributed by atoms with Crippen LogP contribution >= 0.6 is 0 Å². The molecule has 1 aliphatic heterocycles. The highest BCUT2D eigenvalue weighted by Crippen LogP contribution is 2.25. The van der Waals surface area contributed by atoms with Gasteiger partial charge in [0.2, 0.25) is 0 Å². The minimum absolute atomic E-state index is 0.146. The van der Waals surface area contributed by atoms with Crippen molar-refractivity contribution < 1.29 is 22.6 Å². The van der Waals surface area contributed by atoms with Crippen LogP contribution in [0.2, 0.25) is 0 Å². The molecule has 1 heterocycles. The van der Waals surface area contributed by atoms with Gasteiger partial charge >= 0.3 is 0 Å². The van der Waals surface area contributed by atoms with Crippen molar-refractivity contribution in [2.45, 2.75) is 12.3 Å². The zero-order chi connectivity index (χ0) is 12.8. The lowest BCUT2D eigenvalue weighted by Crippen LogP contribution is -2.42. The maximum absolute atomic E-state index is 11.8. The molecule has 1 N–H and O–H groups in total. The highest BCUT2D eigenvalue weighted by molar-refractivity contribution is 7.86. The van der Waals surface area contributed by atoms with Gasteiger partial charge in [0.25, 0.3) is 21.9 Å². The van der Waals surface area contributed by atoms with Crippen molar-refractivity contribution in [2.24, 2.45) is 0 Å². The number of nitrogens with zero attached hydrogens (tertiary/aromatic N) is 1. The van der Waals surface area contributed by atoms with Gasteiger partial charge in [-0.3, -0.25) is 19.0 Å². The van der Waals surface area contributed by atoms with E-state index in [1.165, 1.54) is 12.1 Å². The molecule has 1 aromatic carbocycles. The third-order valence-electron chi connectivity index (χ3n) is 2.62. The molecule has 6 nitrogen and oxygen atoms in total. The third-order valence-corrected chi connectivity index (χ3v) is 3.69. The van der Waals surface area contributed by atoms with Crippen LogP contribution in [0.3, 0.4) is 0 Å². The van der Waals surface area contributed by atoms with Crippen LogP contribution in [0, 0.1) is 0 Å². The standard InChI is InChI=1S/C10H9NO5S/c1-6(17(14,15)16)11-9(12)7-4-2-3-5-8(7)10(11)13/h2-6H,1H3,(H,14,15,16). The molecule has 1 aromatic rings. The number of amides is 2. The predicted molar refractivity (Wildman–Crippen MR) is 58.0 cm³/mol. The fourth-order valence-electron chi connectivity index (χ4n) is 1.67. The molecule has 0 fully saturated rings. The van der Waals surface area contributed by atoms with Crippen molar-refractivity contribution in [1.82, 2.24) is 4.90 Å². The Hall–Kier alpha value is -1.73. The van der Waals surface area contributed by atoms with E-state index in [4.69, 9.17) is 4.55 Å². The number of carbonyl (C=O) groups excluding carboxylic acids is 2. The second kappa shape index (κ2) is 3.64. The molecular formula is C10H9NO5S. The van der Waals surface area contributed by atoms with Gasteiger partial charge in [-0.1, -0.05) is 12.1 Å². The summed E-state index contributed by atoms with van der Waals surface area (Å²) in [5.74, 6) is -1.42. The van der Waals surface area contributed by atoms with Gasteiger partial charge in [-0.25, -0.2) is 0 Å². The topological polar surface area (TPSA) is 91.8 Å². The lowest BCUT2D eigenvalue weighted by molar-refractivity contribution is 0.0635. The third kappa shape index (κ3) is 1.73. The summed E-state index contributed by atoms with van der Waals surface area (Å²) in [6.45, 7) is 1.08. The van der Waals surface area contributed by atoms with E-state index < -0.39 is 27.3 Å². The first-order valence-corrected chi connectivity index (χ1v) is 6.27. The Labute approximate surface area is 97.6 Å². The van der Waals surface area contributed by atoms with Gasteiger partial charge in [0.05, 0.1) is 11.1 Å². The van der Waals surface area contributed by atoms with E-state index in [9.17, 15) is 18.0 Å². The lowest BCUT2D eigenvalue weighted by Gasteiger charge is -2.19. The minimum atomic E-state index is -4.49. The van der Waals surface area contributed by atoms with Crippen LogP contribution in [-0.2, 0) is 10.1 Å². The van der Waals surface area contributed by atoms with Crippen molar-refractivity contribution in [3.05, 3.63) is 35.4 Å². The lowest BCUT2D eigenvalue weighted by atomic mass is 10.1. The molecule has 1 unspecified atom stereocenters. The molecular weight excluding hydrogens is 246 g/mol. The summed E-state index contributed by atoms with van der Waals surface area (Å²) in [7, 11) is -4.49. The molecule has 0 aromatic heterocycles. The SMILES string of the molecule is CC(N1C(=O)c2ccccc2C1=O)S(=O)(=O)O. The molecule has 2 amide bonds. The fourth-order valence-corrected chi connectivity index (χ4v) is 2.13. The molecule has 1 atom stereocenters. The van der Waals surface area contributed by atoms with Crippen LogP contribution < -0.4 is 0 Å². The molecule has 0 radical (unpaired) electrons. The molecule has 1 aliphatic rings. The molecule has 0 aliphatic carbocycles. The Bertz CT molecular complexity index is 572. The summed E-state index contributed by atoms with van der Waals surface area (Å²) in [5.41, 5.74) is 0.293. The Balaban J connectivity index is 2.51. The Morgan fingerprint density at radius 3 is 1.88 bits per heavy atom. The number of hydrogen-bond acceptors (Lipinski definition) is 4. The van der Waals surface area contributed by atoms with Gasteiger partial charge in [-0.05, 0) is 19.1 Å². The molecule has 7 heteroatoms. The largest absolute Gasteiger partial charge is 0.286 e. The summed E-state index contributed by atoms with van der Waals surface area (Å²) in [5, 5.41) is -1.59. The number of hydrogen-bond donors (Lipinski definition) is 1. The number of benzene rings is 1. The first-order valence-electron chi connectivity index (χ1n) is 4.77. The second-order valence-corrected chi connectivity index (χ2v) is 5.35.